The minimum absolute atomic E-state index is 0.146. The quantitative estimate of drug-likeness (QED) is 0.0245. The molecule has 0 heterocycles. The number of ether oxygens (including phenoxy) is 2. The highest BCUT2D eigenvalue weighted by atomic mass is 31.2. The molecule has 0 bridgehead atoms. The average Bonchev–Trinajstić information content (AvgIpc) is 3.12. The zero-order valence-electron chi connectivity index (χ0n) is 31.8. The van der Waals surface area contributed by atoms with Gasteiger partial charge in [-0.25, -0.2) is 4.57 Å². The van der Waals surface area contributed by atoms with Crippen molar-refractivity contribution >= 4 is 19.8 Å². The Hall–Kier alpha value is -2.07. The van der Waals surface area contributed by atoms with Gasteiger partial charge in [0.25, 0.3) is 0 Å². The second-order valence-electron chi connectivity index (χ2n) is 13.0. The summed E-state index contributed by atoms with van der Waals surface area (Å²) in [5, 5.41) is 18.3. The lowest BCUT2D eigenvalue weighted by atomic mass is 10.1. The van der Waals surface area contributed by atoms with Crippen LogP contribution in [0.3, 0.4) is 0 Å². The zero-order chi connectivity index (χ0) is 37.7. The molecule has 0 saturated heterocycles. The molecule has 0 saturated carbocycles. The zero-order valence-corrected chi connectivity index (χ0v) is 32.7. The lowest BCUT2D eigenvalue weighted by Crippen LogP contribution is -2.29. The number of allylic oxidation sites excluding steroid dienone is 8. The predicted molar refractivity (Wildman–Crippen MR) is 205 cm³/mol. The van der Waals surface area contributed by atoms with Gasteiger partial charge in [0.15, 0.2) is 6.10 Å². The lowest BCUT2D eigenvalue weighted by Gasteiger charge is -2.20. The van der Waals surface area contributed by atoms with Gasteiger partial charge in [-0.15, -0.1) is 0 Å². The number of carbonyl (C=O) groups excluding carboxylic acids is 2. The average molecular weight is 743 g/mol. The lowest BCUT2D eigenvalue weighted by molar-refractivity contribution is -0.161. The van der Waals surface area contributed by atoms with E-state index in [1.165, 1.54) is 57.8 Å². The van der Waals surface area contributed by atoms with Crippen LogP contribution in [0.1, 0.15) is 155 Å². The van der Waals surface area contributed by atoms with E-state index in [1.54, 1.807) is 0 Å². The van der Waals surface area contributed by atoms with Crippen LogP contribution in [-0.4, -0.2) is 65.7 Å². The molecule has 3 N–H and O–H groups in total. The Morgan fingerprint density at radius 3 is 1.57 bits per heavy atom. The summed E-state index contributed by atoms with van der Waals surface area (Å²) in [5.74, 6) is -0.967. The van der Waals surface area contributed by atoms with Crippen molar-refractivity contribution in [2.24, 2.45) is 0 Å². The van der Waals surface area contributed by atoms with Crippen LogP contribution in [0.5, 0.6) is 0 Å². The van der Waals surface area contributed by atoms with Crippen molar-refractivity contribution in [1.82, 2.24) is 0 Å². The highest BCUT2D eigenvalue weighted by Crippen LogP contribution is 2.43. The number of hydrogen-bond donors (Lipinski definition) is 3. The first kappa shape index (κ1) is 48.9. The minimum Gasteiger partial charge on any atom is -0.462 e. The first-order valence-corrected chi connectivity index (χ1v) is 21.1. The van der Waals surface area contributed by atoms with Crippen molar-refractivity contribution in [3.05, 3.63) is 48.6 Å². The molecule has 0 aliphatic carbocycles. The molecule has 0 amide bonds. The Labute approximate surface area is 309 Å². The topological polar surface area (TPSA) is 149 Å². The van der Waals surface area contributed by atoms with Gasteiger partial charge in [-0.05, 0) is 57.8 Å². The van der Waals surface area contributed by atoms with E-state index < -0.39 is 51.8 Å². The van der Waals surface area contributed by atoms with E-state index >= 15 is 0 Å². The van der Waals surface area contributed by atoms with Gasteiger partial charge in [-0.1, -0.05) is 133 Å². The fraction of sp³-hybridized carbons (Fsp3) is 0.750. The molecular formula is C40H71O10P. The number of unbranched alkanes of at least 4 members (excludes halogenated alkanes) is 14. The van der Waals surface area contributed by atoms with Crippen LogP contribution in [0.15, 0.2) is 48.6 Å². The fourth-order valence-electron chi connectivity index (χ4n) is 4.92. The number of aliphatic hydroxyl groups is 2. The number of carbonyl (C=O) groups is 2. The highest BCUT2D eigenvalue weighted by molar-refractivity contribution is 7.47. The van der Waals surface area contributed by atoms with E-state index in [9.17, 15) is 24.2 Å². The summed E-state index contributed by atoms with van der Waals surface area (Å²) in [4.78, 5) is 34.8. The summed E-state index contributed by atoms with van der Waals surface area (Å²) in [6, 6.07) is 0. The van der Waals surface area contributed by atoms with E-state index in [0.717, 1.165) is 57.8 Å². The molecule has 0 aromatic rings. The molecule has 3 atom stereocenters. The summed E-state index contributed by atoms with van der Waals surface area (Å²) in [6.07, 6.45) is 36.6. The molecule has 296 valence electrons. The van der Waals surface area contributed by atoms with Crippen molar-refractivity contribution in [2.75, 3.05) is 26.4 Å². The molecule has 0 radical (unpaired) electrons. The summed E-state index contributed by atoms with van der Waals surface area (Å²) in [7, 11) is -4.62. The molecule has 0 aliphatic rings. The molecule has 0 spiro atoms. The number of phosphoric acid groups is 1. The summed E-state index contributed by atoms with van der Waals surface area (Å²) >= 11 is 0. The first-order chi connectivity index (χ1) is 24.7. The molecule has 10 nitrogen and oxygen atoms in total. The predicted octanol–water partition coefficient (Wildman–Crippen LogP) is 9.77. The number of phosphoric ester groups is 1. The fourth-order valence-corrected chi connectivity index (χ4v) is 5.71. The largest absolute Gasteiger partial charge is 0.472 e. The third-order valence-corrected chi connectivity index (χ3v) is 8.94. The maximum atomic E-state index is 12.5. The Kier molecular flexibility index (Phi) is 34.8. The van der Waals surface area contributed by atoms with Crippen LogP contribution in [0.2, 0.25) is 0 Å². The van der Waals surface area contributed by atoms with Crippen molar-refractivity contribution < 1.29 is 47.8 Å². The number of rotatable bonds is 36. The molecule has 51 heavy (non-hydrogen) atoms. The van der Waals surface area contributed by atoms with Gasteiger partial charge >= 0.3 is 19.8 Å². The number of hydrogen-bond acceptors (Lipinski definition) is 9. The Bertz CT molecular complexity index is 994. The molecule has 0 aliphatic heterocycles. The van der Waals surface area contributed by atoms with E-state index in [-0.39, 0.29) is 19.4 Å². The molecule has 11 heteroatoms. The molecule has 0 rings (SSSR count). The number of aliphatic hydroxyl groups excluding tert-OH is 2. The molecule has 0 fully saturated rings. The summed E-state index contributed by atoms with van der Waals surface area (Å²) in [6.45, 7) is 2.27. The van der Waals surface area contributed by atoms with Gasteiger partial charge in [0.2, 0.25) is 0 Å². The van der Waals surface area contributed by atoms with Crippen LogP contribution in [0, 0.1) is 0 Å². The highest BCUT2D eigenvalue weighted by Gasteiger charge is 2.27. The smallest absolute Gasteiger partial charge is 0.462 e. The molecule has 1 unspecified atom stereocenters. The third kappa shape index (κ3) is 36.1. The van der Waals surface area contributed by atoms with Gasteiger partial charge < -0.3 is 24.6 Å². The number of esters is 2. The standard InChI is InChI=1S/C40H71O10P/c1-3-5-7-9-11-13-14-15-16-17-18-19-20-21-22-24-26-28-30-32-40(44)50-38(36-49-51(45,46)48-34-37(42)33-41)35-47-39(43)31-29-27-25-23-12-10-8-6-4-2/h11,13,15-16,18-19,21-22,37-38,41-42H,3-10,12,14,17,20,23-36H2,1-2H3,(H,45,46)/b13-11+,16-15+,19-18+,22-21+/t37-,38+/m0/s1. The van der Waals surface area contributed by atoms with Gasteiger partial charge in [-0.3, -0.25) is 18.6 Å². The van der Waals surface area contributed by atoms with Crippen molar-refractivity contribution in [3.8, 4) is 0 Å². The monoisotopic (exact) mass is 742 g/mol. The van der Waals surface area contributed by atoms with E-state index in [1.807, 2.05) is 0 Å². The van der Waals surface area contributed by atoms with Crippen molar-refractivity contribution in [1.29, 1.82) is 0 Å². The molecular weight excluding hydrogens is 671 g/mol. The van der Waals surface area contributed by atoms with E-state index in [2.05, 4.69) is 67.0 Å². The molecule has 0 aromatic heterocycles. The maximum absolute atomic E-state index is 12.5. The van der Waals surface area contributed by atoms with Crippen LogP contribution in [-0.2, 0) is 32.7 Å². The van der Waals surface area contributed by atoms with E-state index in [4.69, 9.17) is 19.1 Å². The van der Waals surface area contributed by atoms with Crippen LogP contribution in [0.4, 0.5) is 0 Å². The summed E-state index contributed by atoms with van der Waals surface area (Å²) < 4.78 is 32.5. The molecule has 0 aromatic carbocycles. The normalized spacial score (nSPS) is 14.5. The Morgan fingerprint density at radius 1 is 0.588 bits per heavy atom. The van der Waals surface area contributed by atoms with Crippen molar-refractivity contribution in [2.45, 2.75) is 167 Å². The maximum Gasteiger partial charge on any atom is 0.472 e. The third-order valence-electron chi connectivity index (χ3n) is 7.99. The SMILES string of the molecule is CCCCC/C=C/C/C=C/C/C=C/C/C=C/CCCCCC(=O)O[C@H](COC(=O)CCCCCCCCCCC)COP(=O)(O)OC[C@@H](O)CO. The van der Waals surface area contributed by atoms with Crippen LogP contribution < -0.4 is 0 Å². The van der Waals surface area contributed by atoms with Gasteiger partial charge in [0, 0.05) is 12.8 Å². The second-order valence-corrected chi connectivity index (χ2v) is 14.4. The second kappa shape index (κ2) is 36.3. The minimum atomic E-state index is -4.62. The van der Waals surface area contributed by atoms with Crippen molar-refractivity contribution in [3.63, 3.8) is 0 Å². The van der Waals surface area contributed by atoms with Gasteiger partial charge in [0.05, 0.1) is 19.8 Å². The van der Waals surface area contributed by atoms with Gasteiger partial charge in [-0.2, -0.15) is 0 Å². The Balaban J connectivity index is 4.40. The summed E-state index contributed by atoms with van der Waals surface area (Å²) in [5.41, 5.74) is 0. The van der Waals surface area contributed by atoms with Crippen LogP contribution in [0.25, 0.3) is 0 Å². The van der Waals surface area contributed by atoms with Crippen LogP contribution >= 0.6 is 7.82 Å². The Morgan fingerprint density at radius 2 is 1.02 bits per heavy atom. The van der Waals surface area contributed by atoms with Gasteiger partial charge in [0.1, 0.15) is 12.7 Å². The van der Waals surface area contributed by atoms with E-state index in [0.29, 0.717) is 12.8 Å². The first-order valence-electron chi connectivity index (χ1n) is 19.6.